The number of hydrogen-bond acceptors (Lipinski definition) is 7. The molecule has 0 bridgehead atoms. The minimum absolute atomic E-state index is 0.0755. The molecule has 2 heterocycles. The first kappa shape index (κ1) is 22.4. The van der Waals surface area contributed by atoms with Crippen LogP contribution in [0.2, 0.25) is 0 Å². The van der Waals surface area contributed by atoms with Crippen LogP contribution in [0.4, 0.5) is 0 Å². The van der Waals surface area contributed by atoms with E-state index in [0.29, 0.717) is 24.1 Å². The van der Waals surface area contributed by atoms with Crippen molar-refractivity contribution in [3.8, 4) is 0 Å². The van der Waals surface area contributed by atoms with Crippen LogP contribution in [0.5, 0.6) is 0 Å². The van der Waals surface area contributed by atoms with Crippen LogP contribution in [0.15, 0.2) is 64.1 Å². The SMILES string of the molecule is O=C(CSc1nnc(CSc2nc3ccccc3s2)n1Cc1ccccc1)NC1CCCC1. The predicted molar refractivity (Wildman–Crippen MR) is 136 cm³/mol. The molecule has 6 nitrogen and oxygen atoms in total. The highest BCUT2D eigenvalue weighted by Gasteiger charge is 2.19. The van der Waals surface area contributed by atoms with Gasteiger partial charge in [0.2, 0.25) is 5.91 Å². The maximum atomic E-state index is 12.4. The van der Waals surface area contributed by atoms with E-state index in [0.717, 1.165) is 33.7 Å². The van der Waals surface area contributed by atoms with E-state index in [-0.39, 0.29) is 5.91 Å². The van der Waals surface area contributed by atoms with Crippen molar-refractivity contribution in [3.63, 3.8) is 0 Å². The molecule has 1 saturated carbocycles. The van der Waals surface area contributed by atoms with Crippen LogP contribution >= 0.6 is 34.9 Å². The molecule has 5 rings (SSSR count). The van der Waals surface area contributed by atoms with E-state index in [4.69, 9.17) is 4.98 Å². The molecule has 170 valence electrons. The fraction of sp³-hybridized carbons (Fsp3) is 0.333. The standard InChI is InChI=1S/C24H25N5OS3/c30-22(25-18-10-4-5-11-18)16-31-23-28-27-21(29(23)14-17-8-2-1-3-9-17)15-32-24-26-19-12-6-7-13-20(19)33-24/h1-3,6-9,12-13,18H,4-5,10-11,14-16H2,(H,25,30). The number of aromatic nitrogens is 4. The Bertz CT molecular complexity index is 1180. The molecule has 2 aromatic heterocycles. The van der Waals surface area contributed by atoms with Crippen molar-refractivity contribution in [2.45, 2.75) is 53.5 Å². The van der Waals surface area contributed by atoms with Crippen LogP contribution in [0.25, 0.3) is 10.2 Å². The quantitative estimate of drug-likeness (QED) is 0.314. The molecule has 2 aromatic carbocycles. The van der Waals surface area contributed by atoms with Gasteiger partial charge in [-0.2, -0.15) is 0 Å². The number of hydrogen-bond donors (Lipinski definition) is 1. The van der Waals surface area contributed by atoms with Crippen LogP contribution in [0, 0.1) is 0 Å². The molecule has 0 atom stereocenters. The lowest BCUT2D eigenvalue weighted by Crippen LogP contribution is -2.33. The van der Waals surface area contributed by atoms with Gasteiger partial charge in [0, 0.05) is 6.04 Å². The molecule has 1 aliphatic carbocycles. The van der Waals surface area contributed by atoms with Gasteiger partial charge in [0.25, 0.3) is 0 Å². The normalized spacial score (nSPS) is 14.2. The van der Waals surface area contributed by atoms with Gasteiger partial charge in [0.15, 0.2) is 9.50 Å². The summed E-state index contributed by atoms with van der Waals surface area (Å²) < 4.78 is 4.34. The zero-order valence-electron chi connectivity index (χ0n) is 18.1. The number of nitrogens with zero attached hydrogens (tertiary/aromatic N) is 4. The number of amides is 1. The summed E-state index contributed by atoms with van der Waals surface area (Å²) in [5.41, 5.74) is 2.21. The first-order valence-electron chi connectivity index (χ1n) is 11.1. The molecule has 1 N–H and O–H groups in total. The Balaban J connectivity index is 1.29. The van der Waals surface area contributed by atoms with Crippen LogP contribution < -0.4 is 5.32 Å². The van der Waals surface area contributed by atoms with Gasteiger partial charge in [-0.1, -0.05) is 78.8 Å². The van der Waals surface area contributed by atoms with Gasteiger partial charge in [-0.15, -0.1) is 21.5 Å². The lowest BCUT2D eigenvalue weighted by Gasteiger charge is -2.12. The lowest BCUT2D eigenvalue weighted by molar-refractivity contribution is -0.119. The number of nitrogens with one attached hydrogen (secondary N) is 1. The first-order chi connectivity index (χ1) is 16.2. The Labute approximate surface area is 205 Å². The monoisotopic (exact) mass is 495 g/mol. The van der Waals surface area contributed by atoms with Gasteiger partial charge in [-0.3, -0.25) is 4.79 Å². The first-order valence-corrected chi connectivity index (χ1v) is 13.9. The highest BCUT2D eigenvalue weighted by atomic mass is 32.2. The molecule has 0 saturated heterocycles. The highest BCUT2D eigenvalue weighted by molar-refractivity contribution is 8.00. The van der Waals surface area contributed by atoms with E-state index in [1.54, 1.807) is 23.1 Å². The Morgan fingerprint density at radius 2 is 1.82 bits per heavy atom. The molecule has 0 unspecified atom stereocenters. The molecule has 33 heavy (non-hydrogen) atoms. The summed E-state index contributed by atoms with van der Waals surface area (Å²) in [6.07, 6.45) is 4.60. The highest BCUT2D eigenvalue weighted by Crippen LogP contribution is 2.32. The van der Waals surface area contributed by atoms with Crippen molar-refractivity contribution < 1.29 is 4.79 Å². The Morgan fingerprint density at radius 3 is 2.64 bits per heavy atom. The summed E-state index contributed by atoms with van der Waals surface area (Å²) in [6.45, 7) is 0.677. The number of para-hydroxylation sites is 1. The second kappa shape index (κ2) is 10.7. The molecule has 1 fully saturated rings. The smallest absolute Gasteiger partial charge is 0.230 e. The predicted octanol–water partition coefficient (Wildman–Crippen LogP) is 5.38. The second-order valence-electron chi connectivity index (χ2n) is 8.04. The number of thiazole rings is 1. The summed E-state index contributed by atoms with van der Waals surface area (Å²) in [6, 6.07) is 18.8. The summed E-state index contributed by atoms with van der Waals surface area (Å²) >= 11 is 4.84. The van der Waals surface area contributed by atoms with Gasteiger partial charge < -0.3 is 9.88 Å². The molecule has 1 amide bonds. The fourth-order valence-corrected chi connectivity index (χ4v) is 6.74. The molecule has 1 aliphatic rings. The lowest BCUT2D eigenvalue weighted by atomic mass is 10.2. The van der Waals surface area contributed by atoms with Gasteiger partial charge in [0.05, 0.1) is 28.3 Å². The molecule has 9 heteroatoms. The topological polar surface area (TPSA) is 72.7 Å². The van der Waals surface area contributed by atoms with Crippen LogP contribution in [-0.2, 0) is 17.1 Å². The number of carbonyl (C=O) groups is 1. The molecule has 0 spiro atoms. The van der Waals surface area contributed by atoms with Crippen molar-refractivity contribution in [2.75, 3.05) is 5.75 Å². The molecular formula is C24H25N5OS3. The largest absolute Gasteiger partial charge is 0.353 e. The number of thioether (sulfide) groups is 2. The van der Waals surface area contributed by atoms with Crippen LogP contribution in [0.1, 0.15) is 37.1 Å². The zero-order valence-corrected chi connectivity index (χ0v) is 20.6. The van der Waals surface area contributed by atoms with Gasteiger partial charge in [-0.05, 0) is 30.5 Å². The van der Waals surface area contributed by atoms with Gasteiger partial charge in [-0.25, -0.2) is 4.98 Å². The van der Waals surface area contributed by atoms with E-state index in [1.807, 2.05) is 36.4 Å². The van der Waals surface area contributed by atoms with Gasteiger partial charge in [0.1, 0.15) is 5.82 Å². The molecule has 0 radical (unpaired) electrons. The average Bonchev–Trinajstić information content (AvgIpc) is 3.57. The van der Waals surface area contributed by atoms with Crippen molar-refractivity contribution in [1.82, 2.24) is 25.1 Å². The Morgan fingerprint density at radius 1 is 1.03 bits per heavy atom. The third-order valence-electron chi connectivity index (χ3n) is 5.63. The minimum atomic E-state index is 0.0755. The second-order valence-corrected chi connectivity index (χ2v) is 11.2. The van der Waals surface area contributed by atoms with Crippen LogP contribution in [0.3, 0.4) is 0 Å². The summed E-state index contributed by atoms with van der Waals surface area (Å²) in [7, 11) is 0. The average molecular weight is 496 g/mol. The summed E-state index contributed by atoms with van der Waals surface area (Å²) in [5, 5.41) is 12.8. The van der Waals surface area contributed by atoms with E-state index >= 15 is 0 Å². The molecule has 0 aliphatic heterocycles. The zero-order chi connectivity index (χ0) is 22.5. The number of fused-ring (bicyclic) bond motifs is 1. The maximum Gasteiger partial charge on any atom is 0.230 e. The molecular weight excluding hydrogens is 470 g/mol. The Kier molecular flexibility index (Phi) is 7.28. The Hall–Kier alpha value is -2.36. The van der Waals surface area contributed by atoms with Crippen molar-refractivity contribution in [1.29, 1.82) is 0 Å². The number of benzene rings is 2. The minimum Gasteiger partial charge on any atom is -0.353 e. The third-order valence-corrected chi connectivity index (χ3v) is 8.77. The van der Waals surface area contributed by atoms with E-state index in [1.165, 1.54) is 34.9 Å². The van der Waals surface area contributed by atoms with E-state index in [9.17, 15) is 4.79 Å². The maximum absolute atomic E-state index is 12.4. The van der Waals surface area contributed by atoms with E-state index < -0.39 is 0 Å². The number of carbonyl (C=O) groups excluding carboxylic acids is 1. The molecule has 4 aromatic rings. The fourth-order valence-electron chi connectivity index (χ4n) is 3.97. The van der Waals surface area contributed by atoms with Gasteiger partial charge >= 0.3 is 0 Å². The van der Waals surface area contributed by atoms with Crippen molar-refractivity contribution in [3.05, 3.63) is 66.0 Å². The third kappa shape index (κ3) is 5.77. The number of rotatable bonds is 9. The van der Waals surface area contributed by atoms with Crippen molar-refractivity contribution >= 4 is 51.0 Å². The van der Waals surface area contributed by atoms with Crippen molar-refractivity contribution in [2.24, 2.45) is 0 Å². The van der Waals surface area contributed by atoms with E-state index in [2.05, 4.69) is 38.3 Å². The summed E-state index contributed by atoms with van der Waals surface area (Å²) in [4.78, 5) is 17.2. The summed E-state index contributed by atoms with van der Waals surface area (Å²) in [5.74, 6) is 2.00. The van der Waals surface area contributed by atoms with Crippen LogP contribution in [-0.4, -0.2) is 37.5 Å².